The van der Waals surface area contributed by atoms with Crippen LogP contribution in [0.2, 0.25) is 0 Å². The van der Waals surface area contributed by atoms with Crippen LogP contribution in [0.5, 0.6) is 0 Å². The van der Waals surface area contributed by atoms with Gasteiger partial charge < -0.3 is 10.2 Å². The molecule has 1 saturated heterocycles. The zero-order chi connectivity index (χ0) is 28.6. The zero-order valence-corrected chi connectivity index (χ0v) is 24.3. The van der Waals surface area contributed by atoms with Gasteiger partial charge in [0.2, 0.25) is 15.9 Å². The van der Waals surface area contributed by atoms with Gasteiger partial charge in [-0.05, 0) is 67.0 Å². The summed E-state index contributed by atoms with van der Waals surface area (Å²) in [6, 6.07) is 4.39. The fourth-order valence-electron chi connectivity index (χ4n) is 6.85. The molecule has 0 spiro atoms. The van der Waals surface area contributed by atoms with Crippen LogP contribution in [0, 0.1) is 36.4 Å². The van der Waals surface area contributed by atoms with Gasteiger partial charge in [0.1, 0.15) is 21.5 Å². The first-order valence-corrected chi connectivity index (χ1v) is 17.3. The fourth-order valence-corrected chi connectivity index (χ4v) is 9.92. The summed E-state index contributed by atoms with van der Waals surface area (Å²) in [5, 5.41) is 4.63. The summed E-state index contributed by atoms with van der Waals surface area (Å²) in [6.45, 7) is 1.59. The summed E-state index contributed by atoms with van der Waals surface area (Å²) in [4.78, 5) is 29.6. The molecule has 10 nitrogen and oxygen atoms in total. The highest BCUT2D eigenvalue weighted by atomic mass is 32.2. The number of hydrogen-bond donors (Lipinski definition) is 2. The zero-order valence-electron chi connectivity index (χ0n) is 21.9. The summed E-state index contributed by atoms with van der Waals surface area (Å²) in [5.41, 5.74) is 1.40. The summed E-state index contributed by atoms with van der Waals surface area (Å²) >= 11 is 1.04. The molecule has 1 aromatic heterocycles. The topological polar surface area (TPSA) is 142 Å². The number of piperidine rings is 1. The lowest BCUT2D eigenvalue weighted by Crippen LogP contribution is -2.66. The van der Waals surface area contributed by atoms with E-state index in [2.05, 4.69) is 14.4 Å². The van der Waals surface area contributed by atoms with Crippen LogP contribution in [0.3, 0.4) is 0 Å². The molecule has 2 aliphatic heterocycles. The Morgan fingerprint density at radius 1 is 1.18 bits per heavy atom. The van der Waals surface area contributed by atoms with Gasteiger partial charge >= 0.3 is 0 Å². The number of amides is 1. The lowest BCUT2D eigenvalue weighted by molar-refractivity contribution is -0.162. The quantitative estimate of drug-likeness (QED) is 0.481. The number of rotatable bonds is 6. The number of anilines is 1. The SMILES string of the molecule is Cc1cc(CN2C(=O)C(C3=NS(=O)(=O)c4c(CNS(C)(=O)=O)csc4N3)C(=O)C3C4CCC(CC4)C32)ccc1F. The van der Waals surface area contributed by atoms with Gasteiger partial charge in [-0.3, -0.25) is 9.59 Å². The maximum Gasteiger partial charge on any atom is 0.287 e. The van der Waals surface area contributed by atoms with Crippen molar-refractivity contribution >= 4 is 53.9 Å². The van der Waals surface area contributed by atoms with E-state index < -0.39 is 37.8 Å². The number of sulfonamides is 2. The summed E-state index contributed by atoms with van der Waals surface area (Å²) in [5.74, 6) is -2.97. The fraction of sp³-hybridized carbons (Fsp3) is 0.500. The Hall–Kier alpha value is -2.68. The van der Waals surface area contributed by atoms with Crippen molar-refractivity contribution in [2.24, 2.45) is 28.1 Å². The first-order valence-electron chi connectivity index (χ1n) is 13.1. The van der Waals surface area contributed by atoms with E-state index in [4.69, 9.17) is 0 Å². The summed E-state index contributed by atoms with van der Waals surface area (Å²) in [6.07, 6.45) is 4.58. The Morgan fingerprint density at radius 2 is 1.88 bits per heavy atom. The molecule has 40 heavy (non-hydrogen) atoms. The molecule has 3 heterocycles. The van der Waals surface area contributed by atoms with Crippen molar-refractivity contribution < 1.29 is 30.8 Å². The van der Waals surface area contributed by atoms with Gasteiger partial charge in [-0.1, -0.05) is 12.1 Å². The maximum absolute atomic E-state index is 14.1. The second-order valence-corrected chi connectivity index (χ2v) is 15.4. The molecule has 14 heteroatoms. The van der Waals surface area contributed by atoms with Crippen molar-refractivity contribution in [2.45, 2.75) is 56.6 Å². The molecule has 2 N–H and O–H groups in total. The van der Waals surface area contributed by atoms with Gasteiger partial charge in [-0.25, -0.2) is 17.5 Å². The number of hydrogen-bond acceptors (Lipinski definition) is 8. The molecule has 4 fully saturated rings. The molecule has 214 valence electrons. The van der Waals surface area contributed by atoms with Crippen LogP contribution in [-0.2, 0) is 42.7 Å². The van der Waals surface area contributed by atoms with Crippen molar-refractivity contribution in [3.8, 4) is 0 Å². The van der Waals surface area contributed by atoms with Gasteiger partial charge in [-0.15, -0.1) is 15.7 Å². The third-order valence-electron chi connectivity index (χ3n) is 8.59. The molecule has 1 amide bonds. The first-order chi connectivity index (χ1) is 18.8. The molecule has 2 bridgehead atoms. The Bertz CT molecular complexity index is 1660. The van der Waals surface area contributed by atoms with E-state index in [1.54, 1.807) is 24.0 Å². The molecule has 3 aliphatic carbocycles. The number of likely N-dealkylation sites (tertiary alicyclic amines) is 1. The minimum Gasteiger partial charge on any atom is -0.333 e. The predicted octanol–water partition coefficient (Wildman–Crippen LogP) is 2.79. The van der Waals surface area contributed by atoms with Crippen LogP contribution >= 0.6 is 11.3 Å². The number of fused-ring (bicyclic) bond motifs is 3. The number of nitrogens with zero attached hydrogens (tertiary/aromatic N) is 2. The Kier molecular flexibility index (Phi) is 6.67. The van der Waals surface area contributed by atoms with E-state index in [1.807, 2.05) is 0 Å². The molecule has 3 unspecified atom stereocenters. The van der Waals surface area contributed by atoms with Crippen molar-refractivity contribution in [1.29, 1.82) is 0 Å². The number of carbonyl (C=O) groups is 2. The van der Waals surface area contributed by atoms with Gasteiger partial charge in [0.25, 0.3) is 10.0 Å². The monoisotopic (exact) mass is 608 g/mol. The number of nitrogens with one attached hydrogen (secondary N) is 2. The number of ketones is 1. The lowest BCUT2D eigenvalue weighted by atomic mass is 9.57. The lowest BCUT2D eigenvalue weighted by Gasteiger charge is -2.55. The molecule has 5 aliphatic rings. The largest absolute Gasteiger partial charge is 0.333 e. The third-order valence-corrected chi connectivity index (χ3v) is 11.7. The molecule has 3 atom stereocenters. The Labute approximate surface area is 236 Å². The first kappa shape index (κ1) is 27.5. The smallest absolute Gasteiger partial charge is 0.287 e. The van der Waals surface area contributed by atoms with Crippen molar-refractivity contribution in [3.63, 3.8) is 0 Å². The third kappa shape index (κ3) is 4.68. The van der Waals surface area contributed by atoms with Gasteiger partial charge in [-0.2, -0.15) is 8.42 Å². The van der Waals surface area contributed by atoms with Crippen molar-refractivity contribution in [1.82, 2.24) is 9.62 Å². The highest BCUT2D eigenvalue weighted by Crippen LogP contribution is 2.51. The molecule has 3 saturated carbocycles. The van der Waals surface area contributed by atoms with Gasteiger partial charge in [0.15, 0.2) is 11.7 Å². The number of thiophene rings is 1. The van der Waals surface area contributed by atoms with Crippen LogP contribution in [-0.4, -0.2) is 51.6 Å². The molecular formula is C26H29FN4O6S3. The molecular weight excluding hydrogens is 580 g/mol. The second kappa shape index (κ2) is 9.71. The van der Waals surface area contributed by atoms with Crippen LogP contribution in [0.25, 0.3) is 0 Å². The average Bonchev–Trinajstić information content (AvgIpc) is 3.31. The maximum atomic E-state index is 14.1. The average molecular weight is 609 g/mol. The standard InChI is InChI=1S/C26H29FN4O6S3/c1-13-9-14(3-8-18(13)27)11-31-21-16-6-4-15(5-7-16)19(21)22(32)20(26(31)33)24-29-25-23(40(36,37)30-24)17(12-38-25)10-28-39(2,34)35/h3,8-9,12,15-16,19-21,28H,4-7,10-11H2,1-2H3,(H,29,30). The van der Waals surface area contributed by atoms with Gasteiger partial charge in [0.05, 0.1) is 6.26 Å². The number of aryl methyl sites for hydroxylation is 1. The van der Waals surface area contributed by atoms with E-state index in [0.717, 1.165) is 48.8 Å². The number of Topliss-reactive ketones (excluding diaryl/α,β-unsaturated/α-hetero) is 1. The minimum absolute atomic E-state index is 0.0994. The van der Waals surface area contributed by atoms with Crippen LogP contribution in [0.4, 0.5) is 9.39 Å². The van der Waals surface area contributed by atoms with Crippen LogP contribution in [0.1, 0.15) is 42.4 Å². The molecule has 1 aromatic carbocycles. The molecule has 2 aromatic rings. The Balaban J connectivity index is 1.37. The van der Waals surface area contributed by atoms with E-state index in [1.165, 1.54) is 11.4 Å². The number of halogens is 1. The van der Waals surface area contributed by atoms with E-state index in [0.29, 0.717) is 5.56 Å². The number of benzene rings is 1. The minimum atomic E-state index is -4.33. The van der Waals surface area contributed by atoms with E-state index >= 15 is 0 Å². The molecule has 7 rings (SSSR count). The Morgan fingerprint density at radius 3 is 2.55 bits per heavy atom. The highest BCUT2D eigenvalue weighted by Gasteiger charge is 2.58. The van der Waals surface area contributed by atoms with Crippen LogP contribution in [0.15, 0.2) is 32.9 Å². The normalized spacial score (nSPS) is 29.0. The number of carbonyl (C=O) groups excluding carboxylic acids is 2. The summed E-state index contributed by atoms with van der Waals surface area (Å²) in [7, 11) is -7.90. The van der Waals surface area contributed by atoms with E-state index in [9.17, 15) is 30.8 Å². The molecule has 0 radical (unpaired) electrons. The van der Waals surface area contributed by atoms with E-state index in [-0.39, 0.29) is 63.9 Å². The van der Waals surface area contributed by atoms with Crippen LogP contribution < -0.4 is 10.0 Å². The second-order valence-electron chi connectivity index (χ2n) is 11.2. The predicted molar refractivity (Wildman–Crippen MR) is 147 cm³/mol. The summed E-state index contributed by atoms with van der Waals surface area (Å²) < 4.78 is 69.9. The van der Waals surface area contributed by atoms with Gasteiger partial charge in [0, 0.05) is 30.6 Å². The van der Waals surface area contributed by atoms with Crippen molar-refractivity contribution in [2.75, 3.05) is 11.6 Å². The number of amidine groups is 1. The van der Waals surface area contributed by atoms with Crippen molar-refractivity contribution in [3.05, 3.63) is 46.1 Å². The highest BCUT2D eigenvalue weighted by molar-refractivity contribution is 7.91.